The highest BCUT2D eigenvalue weighted by molar-refractivity contribution is 7.21. The van der Waals surface area contributed by atoms with Crippen molar-refractivity contribution in [3.05, 3.63) is 64.0 Å². The van der Waals surface area contributed by atoms with Crippen LogP contribution in [0.2, 0.25) is 0 Å². The summed E-state index contributed by atoms with van der Waals surface area (Å²) in [6.45, 7) is 3.91. The summed E-state index contributed by atoms with van der Waals surface area (Å²) in [5, 5.41) is 1.12. The maximum Gasteiger partial charge on any atom is 0.203 e. The molecule has 0 aliphatic heterocycles. The Balaban J connectivity index is 2.07. The highest BCUT2D eigenvalue weighted by atomic mass is 32.1. The van der Waals surface area contributed by atoms with Gasteiger partial charge in [-0.25, -0.2) is 0 Å². The molecule has 106 valence electrons. The first-order chi connectivity index (χ1) is 10.1. The molecule has 0 aliphatic carbocycles. The Morgan fingerprint density at radius 2 is 1.81 bits per heavy atom. The first-order valence-electron chi connectivity index (χ1n) is 6.78. The van der Waals surface area contributed by atoms with Crippen LogP contribution in [-0.4, -0.2) is 12.9 Å². The van der Waals surface area contributed by atoms with E-state index in [9.17, 15) is 4.79 Å². The quantitative estimate of drug-likeness (QED) is 0.651. The fraction of sp³-hybridized carbons (Fsp3) is 0.167. The fourth-order valence-electron chi connectivity index (χ4n) is 2.48. The van der Waals surface area contributed by atoms with Crippen LogP contribution in [0.1, 0.15) is 26.4 Å². The Morgan fingerprint density at radius 1 is 1.05 bits per heavy atom. The van der Waals surface area contributed by atoms with Crippen molar-refractivity contribution in [3.8, 4) is 5.75 Å². The van der Waals surface area contributed by atoms with Crippen LogP contribution in [-0.2, 0) is 0 Å². The first-order valence-corrected chi connectivity index (χ1v) is 7.60. The lowest BCUT2D eigenvalue weighted by atomic mass is 10.00. The van der Waals surface area contributed by atoms with Crippen LogP contribution < -0.4 is 4.74 Å². The molecule has 0 radical (unpaired) electrons. The molecule has 0 aliphatic rings. The van der Waals surface area contributed by atoms with Crippen molar-refractivity contribution in [1.29, 1.82) is 0 Å². The molecule has 0 saturated carbocycles. The molecule has 3 aromatic rings. The van der Waals surface area contributed by atoms with E-state index in [0.29, 0.717) is 0 Å². The predicted octanol–water partition coefficient (Wildman–Crippen LogP) is 4.76. The van der Waals surface area contributed by atoms with Crippen LogP contribution in [0.5, 0.6) is 5.75 Å². The van der Waals surface area contributed by atoms with Gasteiger partial charge < -0.3 is 4.74 Å². The molecule has 0 unspecified atom stereocenters. The molecule has 0 atom stereocenters. The molecule has 2 aromatic carbocycles. The van der Waals surface area contributed by atoms with E-state index >= 15 is 0 Å². The van der Waals surface area contributed by atoms with E-state index in [-0.39, 0.29) is 5.78 Å². The van der Waals surface area contributed by atoms with Crippen molar-refractivity contribution in [2.45, 2.75) is 13.8 Å². The predicted molar refractivity (Wildman–Crippen MR) is 87.7 cm³/mol. The van der Waals surface area contributed by atoms with E-state index in [1.54, 1.807) is 18.4 Å². The van der Waals surface area contributed by atoms with Gasteiger partial charge in [-0.05, 0) is 54.6 Å². The van der Waals surface area contributed by atoms with Gasteiger partial charge >= 0.3 is 0 Å². The zero-order chi connectivity index (χ0) is 15.0. The van der Waals surface area contributed by atoms with Gasteiger partial charge in [0.1, 0.15) is 5.75 Å². The van der Waals surface area contributed by atoms with E-state index in [2.05, 4.69) is 0 Å². The summed E-state index contributed by atoms with van der Waals surface area (Å²) in [5.41, 5.74) is 2.67. The molecular formula is C18H16O2S. The molecular weight excluding hydrogens is 280 g/mol. The van der Waals surface area contributed by atoms with E-state index in [1.807, 2.05) is 56.3 Å². The largest absolute Gasteiger partial charge is 0.496 e. The van der Waals surface area contributed by atoms with Gasteiger partial charge in [-0.2, -0.15) is 0 Å². The number of rotatable bonds is 3. The standard InChI is InChI=1S/C18H16O2S/c1-11-9-15(20-3)12(2)8-14(11)18(19)17-10-13-6-4-5-7-16(13)21-17/h4-10H,1-3H3. The lowest BCUT2D eigenvalue weighted by Gasteiger charge is -2.09. The molecule has 3 rings (SSSR count). The van der Waals surface area contributed by atoms with E-state index in [0.717, 1.165) is 37.4 Å². The Kier molecular flexibility index (Phi) is 3.52. The van der Waals surface area contributed by atoms with Crippen molar-refractivity contribution >= 4 is 27.2 Å². The SMILES string of the molecule is COc1cc(C)c(C(=O)c2cc3ccccc3s2)cc1C. The number of carbonyl (C=O) groups excluding carboxylic acids is 1. The number of methoxy groups -OCH3 is 1. The number of ketones is 1. The van der Waals surface area contributed by atoms with Crippen molar-refractivity contribution in [2.75, 3.05) is 7.11 Å². The number of hydrogen-bond acceptors (Lipinski definition) is 3. The molecule has 21 heavy (non-hydrogen) atoms. The van der Waals surface area contributed by atoms with E-state index in [1.165, 1.54) is 0 Å². The molecule has 3 heteroatoms. The van der Waals surface area contributed by atoms with Crippen LogP contribution in [0.15, 0.2) is 42.5 Å². The molecule has 1 aromatic heterocycles. The number of aryl methyl sites for hydroxylation is 2. The van der Waals surface area contributed by atoms with E-state index < -0.39 is 0 Å². The summed E-state index contributed by atoms with van der Waals surface area (Å²) in [6, 6.07) is 13.9. The highest BCUT2D eigenvalue weighted by Crippen LogP contribution is 2.30. The van der Waals surface area contributed by atoms with Crippen LogP contribution in [0.3, 0.4) is 0 Å². The van der Waals surface area contributed by atoms with Gasteiger partial charge in [-0.1, -0.05) is 18.2 Å². The average Bonchev–Trinajstić information content (AvgIpc) is 2.92. The lowest BCUT2D eigenvalue weighted by Crippen LogP contribution is -2.03. The highest BCUT2D eigenvalue weighted by Gasteiger charge is 2.16. The third kappa shape index (κ3) is 2.45. The van der Waals surface area contributed by atoms with Gasteiger partial charge in [-0.3, -0.25) is 4.79 Å². The molecule has 0 bridgehead atoms. The lowest BCUT2D eigenvalue weighted by molar-refractivity contribution is 0.104. The summed E-state index contributed by atoms with van der Waals surface area (Å²) >= 11 is 1.54. The maximum absolute atomic E-state index is 12.8. The van der Waals surface area contributed by atoms with Gasteiger partial charge in [0.05, 0.1) is 12.0 Å². The van der Waals surface area contributed by atoms with Crippen molar-refractivity contribution in [3.63, 3.8) is 0 Å². The number of carbonyl (C=O) groups is 1. The zero-order valence-corrected chi connectivity index (χ0v) is 13.1. The minimum absolute atomic E-state index is 0.0828. The summed E-state index contributed by atoms with van der Waals surface area (Å²) in [5.74, 6) is 0.903. The number of benzene rings is 2. The third-order valence-electron chi connectivity index (χ3n) is 3.64. The van der Waals surface area contributed by atoms with Crippen LogP contribution in [0, 0.1) is 13.8 Å². The van der Waals surface area contributed by atoms with Crippen LogP contribution in [0.4, 0.5) is 0 Å². The van der Waals surface area contributed by atoms with E-state index in [4.69, 9.17) is 4.74 Å². The monoisotopic (exact) mass is 296 g/mol. The van der Waals surface area contributed by atoms with Crippen molar-refractivity contribution in [1.82, 2.24) is 0 Å². The number of thiophene rings is 1. The molecule has 2 nitrogen and oxygen atoms in total. The fourth-order valence-corrected chi connectivity index (χ4v) is 3.50. The summed E-state index contributed by atoms with van der Waals surface area (Å²) in [6.07, 6.45) is 0. The van der Waals surface area contributed by atoms with Crippen LogP contribution >= 0.6 is 11.3 Å². The van der Waals surface area contributed by atoms with Gasteiger partial charge in [0.15, 0.2) is 0 Å². The molecule has 0 saturated heterocycles. The van der Waals surface area contributed by atoms with Gasteiger partial charge in [0.25, 0.3) is 0 Å². The Bertz CT molecular complexity index is 797. The van der Waals surface area contributed by atoms with Gasteiger partial charge in [0.2, 0.25) is 5.78 Å². The summed E-state index contributed by atoms with van der Waals surface area (Å²) in [7, 11) is 1.65. The molecule has 1 heterocycles. The Hall–Kier alpha value is -2.13. The van der Waals surface area contributed by atoms with Gasteiger partial charge in [-0.15, -0.1) is 11.3 Å². The first kappa shape index (κ1) is 13.8. The minimum Gasteiger partial charge on any atom is -0.496 e. The Morgan fingerprint density at radius 3 is 2.52 bits per heavy atom. The Labute approximate surface area is 128 Å². The number of fused-ring (bicyclic) bond motifs is 1. The second-order valence-electron chi connectivity index (χ2n) is 5.11. The molecule has 0 fully saturated rings. The van der Waals surface area contributed by atoms with Crippen molar-refractivity contribution in [2.24, 2.45) is 0 Å². The third-order valence-corrected chi connectivity index (χ3v) is 4.75. The second kappa shape index (κ2) is 5.34. The van der Waals surface area contributed by atoms with Crippen LogP contribution in [0.25, 0.3) is 10.1 Å². The number of ether oxygens (including phenoxy) is 1. The minimum atomic E-state index is 0.0828. The molecule has 0 amide bonds. The molecule has 0 N–H and O–H groups in total. The smallest absolute Gasteiger partial charge is 0.203 e. The normalized spacial score (nSPS) is 10.8. The maximum atomic E-state index is 12.8. The summed E-state index contributed by atoms with van der Waals surface area (Å²) in [4.78, 5) is 13.5. The second-order valence-corrected chi connectivity index (χ2v) is 6.20. The zero-order valence-electron chi connectivity index (χ0n) is 12.3. The topological polar surface area (TPSA) is 26.3 Å². The van der Waals surface area contributed by atoms with Crippen molar-refractivity contribution < 1.29 is 9.53 Å². The number of hydrogen-bond donors (Lipinski definition) is 0. The molecule has 0 spiro atoms. The van der Waals surface area contributed by atoms with Gasteiger partial charge in [0, 0.05) is 10.3 Å². The summed E-state index contributed by atoms with van der Waals surface area (Å²) < 4.78 is 6.45. The average molecular weight is 296 g/mol.